The van der Waals surface area contributed by atoms with E-state index < -0.39 is 11.9 Å². The molecule has 3 aromatic carbocycles. The van der Waals surface area contributed by atoms with Gasteiger partial charge in [0, 0.05) is 16.7 Å². The maximum atomic E-state index is 12.3. The number of fused-ring (bicyclic) bond motifs is 1. The van der Waals surface area contributed by atoms with E-state index in [1.165, 1.54) is 5.56 Å². The molecule has 0 saturated carbocycles. The summed E-state index contributed by atoms with van der Waals surface area (Å²) in [7, 11) is 0. The number of nitriles is 1. The van der Waals surface area contributed by atoms with Gasteiger partial charge in [-0.2, -0.15) is 5.26 Å². The number of allylic oxidation sites excluding steroid dienone is 1. The highest BCUT2D eigenvalue weighted by atomic mass is 35.5. The van der Waals surface area contributed by atoms with Crippen LogP contribution >= 0.6 is 11.6 Å². The Morgan fingerprint density at radius 2 is 1.83 bits per heavy atom. The number of benzene rings is 3. The van der Waals surface area contributed by atoms with E-state index in [0.29, 0.717) is 22.1 Å². The molecule has 7 heteroatoms. The van der Waals surface area contributed by atoms with Crippen LogP contribution in [-0.2, 0) is 10.2 Å². The highest BCUT2D eigenvalue weighted by Crippen LogP contribution is 2.43. The summed E-state index contributed by atoms with van der Waals surface area (Å²) < 4.78 is 16.6. The van der Waals surface area contributed by atoms with Crippen LogP contribution in [0.4, 0.5) is 0 Å². The minimum absolute atomic E-state index is 0.00824. The number of nitrogens with zero attached hydrogens (tertiary/aromatic N) is 1. The number of hydrogen-bond acceptors (Lipinski definition) is 6. The lowest BCUT2D eigenvalue weighted by Gasteiger charge is -2.27. The van der Waals surface area contributed by atoms with Gasteiger partial charge in [-0.25, -0.2) is 4.79 Å². The van der Waals surface area contributed by atoms with Crippen molar-refractivity contribution in [3.8, 4) is 23.3 Å². The van der Waals surface area contributed by atoms with E-state index in [2.05, 4.69) is 39.0 Å². The smallest absolute Gasteiger partial charge is 0.349 e. The van der Waals surface area contributed by atoms with E-state index in [4.69, 9.17) is 31.5 Å². The van der Waals surface area contributed by atoms with Gasteiger partial charge < -0.3 is 19.9 Å². The van der Waals surface area contributed by atoms with Gasteiger partial charge in [0.2, 0.25) is 5.88 Å². The predicted octanol–water partition coefficient (Wildman–Crippen LogP) is 5.84. The molecule has 0 spiro atoms. The van der Waals surface area contributed by atoms with Crippen LogP contribution in [0.1, 0.15) is 43.4 Å². The molecule has 6 nitrogen and oxygen atoms in total. The van der Waals surface area contributed by atoms with E-state index >= 15 is 0 Å². The minimum atomic E-state index is -0.587. The van der Waals surface area contributed by atoms with Crippen molar-refractivity contribution in [2.45, 2.75) is 32.1 Å². The van der Waals surface area contributed by atoms with Crippen LogP contribution in [0.15, 0.2) is 78.2 Å². The topological polar surface area (TPSA) is 94.6 Å². The molecular weight excluding hydrogens is 464 g/mol. The highest BCUT2D eigenvalue weighted by Gasteiger charge is 2.31. The van der Waals surface area contributed by atoms with E-state index in [1.54, 1.807) is 42.5 Å². The standard InChI is InChI=1S/C28H25ClN2O4/c1-28(2,3)18-9-7-17(8-10-18)26-22-12-11-21(14-24(22)35-27(31)23(26)15-30)34-25(32)16-33-20-6-4-5-19(29)13-20/h4-14,26H,16,31H2,1-3H3. The largest absolute Gasteiger partial charge is 0.482 e. The summed E-state index contributed by atoms with van der Waals surface area (Å²) in [6, 6.07) is 22.1. The van der Waals surface area contributed by atoms with Crippen molar-refractivity contribution in [1.29, 1.82) is 5.26 Å². The van der Waals surface area contributed by atoms with Crippen LogP contribution in [0.2, 0.25) is 5.02 Å². The molecule has 0 radical (unpaired) electrons. The van der Waals surface area contributed by atoms with E-state index in [0.717, 1.165) is 11.1 Å². The summed E-state index contributed by atoms with van der Waals surface area (Å²) in [5, 5.41) is 10.3. The maximum Gasteiger partial charge on any atom is 0.349 e. The van der Waals surface area contributed by atoms with Crippen molar-refractivity contribution >= 4 is 17.6 Å². The molecule has 1 unspecified atom stereocenters. The SMILES string of the molecule is CC(C)(C)c1ccc(C2C(C#N)=C(N)Oc3cc(OC(=O)COc4cccc(Cl)c4)ccc32)cc1. The van der Waals surface area contributed by atoms with Gasteiger partial charge in [-0.05, 0) is 40.8 Å². The fourth-order valence-electron chi connectivity index (χ4n) is 3.88. The molecule has 0 fully saturated rings. The van der Waals surface area contributed by atoms with Gasteiger partial charge in [0.05, 0.1) is 5.92 Å². The molecule has 0 aromatic heterocycles. The van der Waals surface area contributed by atoms with Gasteiger partial charge in [0.25, 0.3) is 0 Å². The average molecular weight is 489 g/mol. The van der Waals surface area contributed by atoms with Gasteiger partial charge in [-0.1, -0.05) is 68.8 Å². The molecule has 0 amide bonds. The van der Waals surface area contributed by atoms with Gasteiger partial charge in [-0.3, -0.25) is 0 Å². The van der Waals surface area contributed by atoms with E-state index in [-0.39, 0.29) is 23.7 Å². The number of nitrogens with two attached hydrogens (primary N) is 1. The molecule has 178 valence electrons. The molecule has 3 aromatic rings. The lowest BCUT2D eigenvalue weighted by atomic mass is 9.81. The summed E-state index contributed by atoms with van der Waals surface area (Å²) in [4.78, 5) is 12.3. The predicted molar refractivity (Wildman–Crippen MR) is 133 cm³/mol. The van der Waals surface area contributed by atoms with E-state index in [1.807, 2.05) is 12.1 Å². The molecule has 1 heterocycles. The summed E-state index contributed by atoms with van der Waals surface area (Å²) >= 11 is 5.93. The van der Waals surface area contributed by atoms with Crippen molar-refractivity contribution in [2.75, 3.05) is 6.61 Å². The van der Waals surface area contributed by atoms with Gasteiger partial charge >= 0.3 is 5.97 Å². The molecule has 4 rings (SSSR count). The van der Waals surface area contributed by atoms with Crippen LogP contribution in [0, 0.1) is 11.3 Å². The summed E-state index contributed by atoms with van der Waals surface area (Å²) in [5.74, 6) is 0.207. The lowest BCUT2D eigenvalue weighted by Crippen LogP contribution is -2.22. The molecule has 0 bridgehead atoms. The zero-order chi connectivity index (χ0) is 25.2. The fraction of sp³-hybridized carbons (Fsp3) is 0.214. The number of carbonyl (C=O) groups excluding carboxylic acids is 1. The Morgan fingerprint density at radius 1 is 1.09 bits per heavy atom. The third-order valence-electron chi connectivity index (χ3n) is 5.69. The van der Waals surface area contributed by atoms with Crippen molar-refractivity contribution in [2.24, 2.45) is 5.73 Å². The number of halogens is 1. The summed E-state index contributed by atoms with van der Waals surface area (Å²) in [6.45, 7) is 6.15. The van der Waals surface area contributed by atoms with Crippen LogP contribution in [-0.4, -0.2) is 12.6 Å². The lowest BCUT2D eigenvalue weighted by molar-refractivity contribution is -0.136. The van der Waals surface area contributed by atoms with Crippen molar-refractivity contribution < 1.29 is 19.0 Å². The third-order valence-corrected chi connectivity index (χ3v) is 5.92. The van der Waals surface area contributed by atoms with Crippen molar-refractivity contribution in [3.63, 3.8) is 0 Å². The second-order valence-corrected chi connectivity index (χ2v) is 9.65. The first-order valence-electron chi connectivity index (χ1n) is 11.1. The Kier molecular flexibility index (Phi) is 6.72. The highest BCUT2D eigenvalue weighted by molar-refractivity contribution is 6.30. The average Bonchev–Trinajstić information content (AvgIpc) is 2.81. The van der Waals surface area contributed by atoms with Crippen LogP contribution in [0.5, 0.6) is 17.2 Å². The van der Waals surface area contributed by atoms with Crippen LogP contribution in [0.3, 0.4) is 0 Å². The third kappa shape index (κ3) is 5.42. The fourth-order valence-corrected chi connectivity index (χ4v) is 4.06. The summed E-state index contributed by atoms with van der Waals surface area (Å²) in [6.07, 6.45) is 0. The number of esters is 1. The van der Waals surface area contributed by atoms with Gasteiger partial charge in [0.15, 0.2) is 6.61 Å². The minimum Gasteiger partial charge on any atom is -0.482 e. The first kappa shape index (κ1) is 24.2. The van der Waals surface area contributed by atoms with Gasteiger partial charge in [-0.15, -0.1) is 0 Å². The zero-order valence-electron chi connectivity index (χ0n) is 19.7. The van der Waals surface area contributed by atoms with E-state index in [9.17, 15) is 10.1 Å². The second-order valence-electron chi connectivity index (χ2n) is 9.22. The zero-order valence-corrected chi connectivity index (χ0v) is 20.4. The molecule has 1 atom stereocenters. The maximum absolute atomic E-state index is 12.3. The Morgan fingerprint density at radius 3 is 2.49 bits per heavy atom. The van der Waals surface area contributed by atoms with Crippen LogP contribution in [0.25, 0.3) is 0 Å². The Balaban J connectivity index is 1.56. The number of ether oxygens (including phenoxy) is 3. The molecule has 35 heavy (non-hydrogen) atoms. The molecule has 0 aliphatic carbocycles. The van der Waals surface area contributed by atoms with Crippen molar-refractivity contribution in [1.82, 2.24) is 0 Å². The Bertz CT molecular complexity index is 1330. The monoisotopic (exact) mass is 488 g/mol. The number of carbonyl (C=O) groups is 1. The van der Waals surface area contributed by atoms with Crippen LogP contribution < -0.4 is 19.9 Å². The molecule has 1 aliphatic heterocycles. The number of rotatable bonds is 5. The van der Waals surface area contributed by atoms with Crippen molar-refractivity contribution in [3.05, 3.63) is 99.9 Å². The number of hydrogen-bond donors (Lipinski definition) is 1. The normalized spacial score (nSPS) is 15.0. The first-order valence-corrected chi connectivity index (χ1v) is 11.4. The molecule has 2 N–H and O–H groups in total. The Labute approximate surface area is 209 Å². The quantitative estimate of drug-likeness (QED) is 0.358. The second kappa shape index (κ2) is 9.73. The molecule has 1 aliphatic rings. The van der Waals surface area contributed by atoms with Gasteiger partial charge in [0.1, 0.15) is 28.9 Å². The first-order chi connectivity index (χ1) is 16.7. The summed E-state index contributed by atoms with van der Waals surface area (Å²) in [5.41, 5.74) is 9.31. The Hall–Kier alpha value is -3.95. The molecule has 0 saturated heterocycles. The molecular formula is C28H25ClN2O4.